The molecule has 3 heteroatoms. The molecule has 0 saturated carbocycles. The quantitative estimate of drug-likeness (QED) is 0.553. The molecule has 3 aromatic rings. The number of nitrogens with zero attached hydrogens (tertiary/aromatic N) is 1. The van der Waals surface area contributed by atoms with Crippen molar-refractivity contribution in [3.8, 4) is 11.3 Å². The maximum atomic E-state index is 11.3. The van der Waals surface area contributed by atoms with Gasteiger partial charge in [-0.05, 0) is 23.8 Å². The van der Waals surface area contributed by atoms with Gasteiger partial charge in [0.2, 0.25) is 5.91 Å². The van der Waals surface area contributed by atoms with E-state index in [1.54, 1.807) is 6.07 Å². The molecule has 3 nitrogen and oxygen atoms in total. The molecular weight excluding hydrogens is 236 g/mol. The van der Waals surface area contributed by atoms with Gasteiger partial charge in [0, 0.05) is 34.3 Å². The summed E-state index contributed by atoms with van der Waals surface area (Å²) in [4.78, 5) is 11.3. The van der Waals surface area contributed by atoms with Crippen LogP contribution in [0.1, 0.15) is 15.9 Å². The number of benzene rings is 2. The Morgan fingerprint density at radius 2 is 1.95 bits per heavy atom. The molecule has 0 atom stereocenters. The number of carbonyl (C=O) groups is 1. The third-order valence-electron chi connectivity index (χ3n) is 3.81. The molecule has 0 radical (unpaired) electrons. The van der Waals surface area contributed by atoms with Crippen LogP contribution in [-0.4, -0.2) is 10.5 Å². The van der Waals surface area contributed by atoms with E-state index in [1.807, 2.05) is 12.1 Å². The number of fused-ring (bicyclic) bond motifs is 5. The van der Waals surface area contributed by atoms with Crippen LogP contribution in [0.2, 0.25) is 0 Å². The van der Waals surface area contributed by atoms with E-state index < -0.39 is 0 Å². The lowest BCUT2D eigenvalue weighted by Crippen LogP contribution is -2.10. The first-order valence-electron chi connectivity index (χ1n) is 6.25. The van der Waals surface area contributed by atoms with E-state index in [-0.39, 0.29) is 5.91 Å². The molecule has 0 unspecified atom stereocenters. The van der Waals surface area contributed by atoms with Crippen molar-refractivity contribution in [3.63, 3.8) is 0 Å². The fourth-order valence-electron chi connectivity index (χ4n) is 2.88. The van der Waals surface area contributed by atoms with Gasteiger partial charge >= 0.3 is 0 Å². The third kappa shape index (κ3) is 1.35. The highest BCUT2D eigenvalue weighted by atomic mass is 16.1. The van der Waals surface area contributed by atoms with Crippen molar-refractivity contribution in [2.75, 3.05) is 0 Å². The van der Waals surface area contributed by atoms with Gasteiger partial charge in [0.05, 0.1) is 0 Å². The topological polar surface area (TPSA) is 48.0 Å². The summed E-state index contributed by atoms with van der Waals surface area (Å²) in [6, 6.07) is 16.2. The molecule has 1 aliphatic rings. The van der Waals surface area contributed by atoms with Crippen LogP contribution in [0, 0.1) is 0 Å². The summed E-state index contributed by atoms with van der Waals surface area (Å²) < 4.78 is 2.24. The predicted octanol–water partition coefficient (Wildman–Crippen LogP) is 2.77. The molecule has 2 heterocycles. The second kappa shape index (κ2) is 3.48. The normalized spacial score (nSPS) is 12.4. The van der Waals surface area contributed by atoms with Gasteiger partial charge in [0.25, 0.3) is 0 Å². The van der Waals surface area contributed by atoms with Gasteiger partial charge in [-0.1, -0.05) is 30.3 Å². The van der Waals surface area contributed by atoms with E-state index in [9.17, 15) is 4.79 Å². The maximum absolute atomic E-state index is 11.3. The zero-order chi connectivity index (χ0) is 13.0. The van der Waals surface area contributed by atoms with Gasteiger partial charge in [-0.25, -0.2) is 0 Å². The van der Waals surface area contributed by atoms with Crippen LogP contribution >= 0.6 is 0 Å². The Bertz CT molecular complexity index is 830. The zero-order valence-electron chi connectivity index (χ0n) is 10.3. The number of aromatic nitrogens is 1. The molecule has 92 valence electrons. The van der Waals surface area contributed by atoms with Crippen LogP contribution in [0.5, 0.6) is 0 Å². The summed E-state index contributed by atoms with van der Waals surface area (Å²) in [6.07, 6.45) is 0. The average Bonchev–Trinajstić information content (AvgIpc) is 2.94. The first-order chi connectivity index (χ1) is 9.24. The molecule has 1 aromatic heterocycles. The van der Waals surface area contributed by atoms with Gasteiger partial charge in [-0.15, -0.1) is 0 Å². The standard InChI is InChI=1S/C16H12N2O/c17-16(19)11-6-5-10-7-15-13-4-2-1-3-12(13)9-18(15)14(10)8-11/h1-8H,9H2,(H2,17,19). The molecule has 0 bridgehead atoms. The molecule has 4 rings (SSSR count). The molecule has 2 N–H and O–H groups in total. The first-order valence-corrected chi connectivity index (χ1v) is 6.25. The second-order valence-corrected chi connectivity index (χ2v) is 4.91. The second-order valence-electron chi connectivity index (χ2n) is 4.91. The maximum Gasteiger partial charge on any atom is 0.248 e. The summed E-state index contributed by atoms with van der Waals surface area (Å²) in [5.74, 6) is -0.382. The summed E-state index contributed by atoms with van der Waals surface area (Å²) in [7, 11) is 0. The van der Waals surface area contributed by atoms with Crippen molar-refractivity contribution in [2.24, 2.45) is 5.73 Å². The molecule has 0 aliphatic carbocycles. The minimum atomic E-state index is -0.382. The lowest BCUT2D eigenvalue weighted by Gasteiger charge is -2.02. The van der Waals surface area contributed by atoms with Gasteiger partial charge in [0.1, 0.15) is 0 Å². The minimum Gasteiger partial charge on any atom is -0.366 e. The van der Waals surface area contributed by atoms with Crippen LogP contribution in [-0.2, 0) is 6.54 Å². The van der Waals surface area contributed by atoms with E-state index in [0.29, 0.717) is 5.56 Å². The Hall–Kier alpha value is -2.55. The molecular formula is C16H12N2O. The number of hydrogen-bond acceptors (Lipinski definition) is 1. The molecule has 2 aromatic carbocycles. The highest BCUT2D eigenvalue weighted by Gasteiger charge is 2.20. The molecule has 19 heavy (non-hydrogen) atoms. The van der Waals surface area contributed by atoms with Gasteiger partial charge in [-0.2, -0.15) is 0 Å². The highest BCUT2D eigenvalue weighted by Crippen LogP contribution is 2.37. The van der Waals surface area contributed by atoms with E-state index in [4.69, 9.17) is 5.73 Å². The number of rotatable bonds is 1. The molecule has 0 saturated heterocycles. The summed E-state index contributed by atoms with van der Waals surface area (Å²) in [5.41, 5.74) is 10.8. The SMILES string of the molecule is NC(=O)c1ccc2cc3n(c2c1)Cc1ccccc1-3. The number of nitrogens with two attached hydrogens (primary N) is 1. The van der Waals surface area contributed by atoms with Crippen molar-refractivity contribution in [3.05, 3.63) is 59.7 Å². The molecule has 1 aliphatic heterocycles. The lowest BCUT2D eigenvalue weighted by molar-refractivity contribution is 0.100. The summed E-state index contributed by atoms with van der Waals surface area (Å²) in [5, 5.41) is 1.15. The van der Waals surface area contributed by atoms with Crippen LogP contribution in [0.4, 0.5) is 0 Å². The monoisotopic (exact) mass is 248 g/mol. The Balaban J connectivity index is 2.01. The van der Waals surface area contributed by atoms with Crippen molar-refractivity contribution in [1.29, 1.82) is 0 Å². The Labute approximate surface area is 110 Å². The van der Waals surface area contributed by atoms with E-state index in [1.165, 1.54) is 16.8 Å². The fourth-order valence-corrected chi connectivity index (χ4v) is 2.88. The van der Waals surface area contributed by atoms with Crippen LogP contribution < -0.4 is 5.73 Å². The van der Waals surface area contributed by atoms with E-state index in [2.05, 4.69) is 34.9 Å². The first kappa shape index (κ1) is 10.4. The van der Waals surface area contributed by atoms with Crippen molar-refractivity contribution >= 4 is 16.8 Å². The van der Waals surface area contributed by atoms with Crippen LogP contribution in [0.3, 0.4) is 0 Å². The van der Waals surface area contributed by atoms with Gasteiger partial charge in [0.15, 0.2) is 0 Å². The zero-order valence-corrected chi connectivity index (χ0v) is 10.3. The average molecular weight is 248 g/mol. The third-order valence-corrected chi connectivity index (χ3v) is 3.81. The number of primary amides is 1. The van der Waals surface area contributed by atoms with Crippen LogP contribution in [0.25, 0.3) is 22.2 Å². The predicted molar refractivity (Wildman–Crippen MR) is 75.0 cm³/mol. The van der Waals surface area contributed by atoms with E-state index >= 15 is 0 Å². The van der Waals surface area contributed by atoms with Crippen LogP contribution in [0.15, 0.2) is 48.5 Å². The number of amides is 1. The largest absolute Gasteiger partial charge is 0.366 e. The van der Waals surface area contributed by atoms with Gasteiger partial charge in [-0.3, -0.25) is 4.79 Å². The van der Waals surface area contributed by atoms with Crippen molar-refractivity contribution in [2.45, 2.75) is 6.54 Å². The Morgan fingerprint density at radius 1 is 1.11 bits per heavy atom. The lowest BCUT2D eigenvalue weighted by atomic mass is 10.1. The van der Waals surface area contributed by atoms with E-state index in [0.717, 1.165) is 17.4 Å². The Morgan fingerprint density at radius 3 is 2.79 bits per heavy atom. The fraction of sp³-hybridized carbons (Fsp3) is 0.0625. The molecule has 0 spiro atoms. The molecule has 0 fully saturated rings. The minimum absolute atomic E-state index is 0.382. The molecule has 1 amide bonds. The number of hydrogen-bond donors (Lipinski definition) is 1. The van der Waals surface area contributed by atoms with Crippen molar-refractivity contribution in [1.82, 2.24) is 4.57 Å². The Kier molecular flexibility index (Phi) is 1.90. The van der Waals surface area contributed by atoms with Crippen molar-refractivity contribution < 1.29 is 4.79 Å². The smallest absolute Gasteiger partial charge is 0.248 e. The summed E-state index contributed by atoms with van der Waals surface area (Å²) in [6.45, 7) is 0.858. The number of carbonyl (C=O) groups excluding carboxylic acids is 1. The summed E-state index contributed by atoms with van der Waals surface area (Å²) >= 11 is 0. The van der Waals surface area contributed by atoms with Gasteiger partial charge < -0.3 is 10.3 Å². The highest BCUT2D eigenvalue weighted by molar-refractivity contribution is 5.98.